The maximum absolute atomic E-state index is 12.0. The number of carbonyl (C=O) groups excluding carboxylic acids is 1. The quantitative estimate of drug-likeness (QED) is 0.753. The minimum atomic E-state index is -0.0517. The summed E-state index contributed by atoms with van der Waals surface area (Å²) in [6.07, 6.45) is 1.03. The maximum Gasteiger partial charge on any atom is 0.226 e. The van der Waals surface area contributed by atoms with Crippen molar-refractivity contribution in [3.05, 3.63) is 41.3 Å². The van der Waals surface area contributed by atoms with Crippen molar-refractivity contribution in [3.8, 4) is 11.5 Å². The number of rotatable bonds is 8. The topological polar surface area (TPSA) is 64.4 Å². The first-order valence-corrected chi connectivity index (χ1v) is 8.33. The van der Waals surface area contributed by atoms with Crippen molar-refractivity contribution in [3.63, 3.8) is 0 Å². The summed E-state index contributed by atoms with van der Waals surface area (Å²) >= 11 is 0. The van der Waals surface area contributed by atoms with Crippen molar-refractivity contribution in [2.24, 2.45) is 0 Å². The Bertz CT molecular complexity index is 660. The first-order valence-electron chi connectivity index (χ1n) is 8.33. The summed E-state index contributed by atoms with van der Waals surface area (Å²) in [5, 5.41) is 2.86. The molecule has 0 spiro atoms. The number of carbonyl (C=O) groups is 1. The second kappa shape index (κ2) is 8.64. The van der Waals surface area contributed by atoms with Gasteiger partial charge in [0, 0.05) is 25.8 Å². The van der Waals surface area contributed by atoms with E-state index in [1.54, 1.807) is 7.11 Å². The molecule has 0 saturated carbocycles. The molecule has 0 fully saturated rings. The van der Waals surface area contributed by atoms with Crippen LogP contribution in [-0.2, 0) is 16.0 Å². The fraction of sp³-hybridized carbons (Fsp3) is 0.474. The summed E-state index contributed by atoms with van der Waals surface area (Å²) in [6, 6.07) is 8.19. The second-order valence-electron chi connectivity index (χ2n) is 6.17. The van der Waals surface area contributed by atoms with Crippen LogP contribution in [0.5, 0.6) is 0 Å². The minimum absolute atomic E-state index is 0.0517. The fourth-order valence-electron chi connectivity index (χ4n) is 2.39. The SMILES string of the molecule is COCCCNC(=O)Cc1nc(-c2ccc(C(C)C)cc2)oc1C. The van der Waals surface area contributed by atoms with Crippen molar-refractivity contribution in [2.45, 2.75) is 39.5 Å². The van der Waals surface area contributed by atoms with Crippen LogP contribution < -0.4 is 5.32 Å². The number of aromatic nitrogens is 1. The smallest absolute Gasteiger partial charge is 0.226 e. The molecule has 0 aliphatic carbocycles. The predicted octanol–water partition coefficient (Wildman–Crippen LogP) is 3.47. The third-order valence-corrected chi connectivity index (χ3v) is 3.89. The lowest BCUT2D eigenvalue weighted by atomic mass is 10.0. The minimum Gasteiger partial charge on any atom is -0.441 e. The van der Waals surface area contributed by atoms with Gasteiger partial charge in [0.2, 0.25) is 11.8 Å². The van der Waals surface area contributed by atoms with Gasteiger partial charge < -0.3 is 14.5 Å². The van der Waals surface area contributed by atoms with Gasteiger partial charge in [-0.3, -0.25) is 4.79 Å². The Hall–Kier alpha value is -2.14. The monoisotopic (exact) mass is 330 g/mol. The molecule has 5 nitrogen and oxygen atoms in total. The molecule has 0 aliphatic rings. The number of aryl methyl sites for hydroxylation is 1. The molecule has 130 valence electrons. The molecule has 0 bridgehead atoms. The van der Waals surface area contributed by atoms with E-state index in [1.807, 2.05) is 19.1 Å². The largest absolute Gasteiger partial charge is 0.441 e. The van der Waals surface area contributed by atoms with E-state index in [0.29, 0.717) is 36.4 Å². The van der Waals surface area contributed by atoms with E-state index in [9.17, 15) is 4.79 Å². The zero-order valence-corrected chi connectivity index (χ0v) is 14.9. The van der Waals surface area contributed by atoms with Crippen LogP contribution in [0.4, 0.5) is 0 Å². The van der Waals surface area contributed by atoms with Crippen LogP contribution in [0, 0.1) is 6.92 Å². The van der Waals surface area contributed by atoms with Crippen molar-refractivity contribution >= 4 is 5.91 Å². The normalized spacial score (nSPS) is 11.0. The molecule has 1 amide bonds. The van der Waals surface area contributed by atoms with Gasteiger partial charge in [-0.15, -0.1) is 0 Å². The molecule has 0 unspecified atom stereocenters. The van der Waals surface area contributed by atoms with Gasteiger partial charge in [0.05, 0.1) is 12.1 Å². The molecular formula is C19H26N2O3. The summed E-state index contributed by atoms with van der Waals surface area (Å²) < 4.78 is 10.7. The second-order valence-corrected chi connectivity index (χ2v) is 6.17. The third-order valence-electron chi connectivity index (χ3n) is 3.89. The number of methoxy groups -OCH3 is 1. The maximum atomic E-state index is 12.0. The van der Waals surface area contributed by atoms with Gasteiger partial charge >= 0.3 is 0 Å². The molecule has 0 atom stereocenters. The number of nitrogens with zero attached hydrogens (tertiary/aromatic N) is 1. The molecule has 1 aromatic carbocycles. The van der Waals surface area contributed by atoms with Crippen LogP contribution in [-0.4, -0.2) is 31.2 Å². The van der Waals surface area contributed by atoms with E-state index in [1.165, 1.54) is 5.56 Å². The number of ether oxygens (including phenoxy) is 1. The van der Waals surface area contributed by atoms with Crippen LogP contribution in [0.1, 0.15) is 43.2 Å². The third kappa shape index (κ3) is 4.93. The van der Waals surface area contributed by atoms with E-state index in [-0.39, 0.29) is 12.3 Å². The van der Waals surface area contributed by atoms with Crippen LogP contribution in [0.25, 0.3) is 11.5 Å². The molecule has 1 N–H and O–H groups in total. The number of hydrogen-bond acceptors (Lipinski definition) is 4. The van der Waals surface area contributed by atoms with Gasteiger partial charge in [-0.2, -0.15) is 0 Å². The molecule has 2 aromatic rings. The van der Waals surface area contributed by atoms with E-state index in [2.05, 4.69) is 36.3 Å². The lowest BCUT2D eigenvalue weighted by Gasteiger charge is -2.04. The van der Waals surface area contributed by atoms with Crippen LogP contribution in [0.15, 0.2) is 28.7 Å². The molecule has 2 rings (SSSR count). The lowest BCUT2D eigenvalue weighted by molar-refractivity contribution is -0.120. The average molecular weight is 330 g/mol. The molecule has 24 heavy (non-hydrogen) atoms. The first kappa shape index (κ1) is 18.2. The number of oxazole rings is 1. The number of amides is 1. The lowest BCUT2D eigenvalue weighted by Crippen LogP contribution is -2.27. The van der Waals surface area contributed by atoms with E-state index < -0.39 is 0 Å². The van der Waals surface area contributed by atoms with Gasteiger partial charge in [0.1, 0.15) is 5.76 Å². The zero-order valence-electron chi connectivity index (χ0n) is 14.9. The molecular weight excluding hydrogens is 304 g/mol. The standard InChI is InChI=1S/C19H26N2O3/c1-13(2)15-6-8-16(9-7-15)19-21-17(14(3)24-19)12-18(22)20-10-5-11-23-4/h6-9,13H,5,10-12H2,1-4H3,(H,20,22). The van der Waals surface area contributed by atoms with Crippen LogP contribution in [0.2, 0.25) is 0 Å². The van der Waals surface area contributed by atoms with Gasteiger partial charge in [-0.1, -0.05) is 26.0 Å². The van der Waals surface area contributed by atoms with E-state index >= 15 is 0 Å². The van der Waals surface area contributed by atoms with E-state index in [0.717, 1.165) is 12.0 Å². The first-order chi connectivity index (χ1) is 11.5. The van der Waals surface area contributed by atoms with Gasteiger partial charge in [-0.25, -0.2) is 4.98 Å². The zero-order chi connectivity index (χ0) is 17.5. The molecule has 1 heterocycles. The number of benzene rings is 1. The predicted molar refractivity (Wildman–Crippen MR) is 94.0 cm³/mol. The number of nitrogens with one attached hydrogen (secondary N) is 1. The summed E-state index contributed by atoms with van der Waals surface area (Å²) in [4.78, 5) is 16.4. The average Bonchev–Trinajstić information content (AvgIpc) is 2.92. The van der Waals surface area contributed by atoms with Crippen molar-refractivity contribution in [2.75, 3.05) is 20.3 Å². The van der Waals surface area contributed by atoms with E-state index in [4.69, 9.17) is 9.15 Å². The van der Waals surface area contributed by atoms with Crippen LogP contribution >= 0.6 is 0 Å². The Morgan fingerprint density at radius 2 is 2.00 bits per heavy atom. The Balaban J connectivity index is 2.00. The Labute approximate surface area is 143 Å². The van der Waals surface area contributed by atoms with Crippen LogP contribution in [0.3, 0.4) is 0 Å². The molecule has 0 radical (unpaired) electrons. The Morgan fingerprint density at radius 1 is 1.29 bits per heavy atom. The summed E-state index contributed by atoms with van der Waals surface area (Å²) in [6.45, 7) is 7.40. The van der Waals surface area contributed by atoms with Gasteiger partial charge in [-0.05, 0) is 37.0 Å². The summed E-state index contributed by atoms with van der Waals surface area (Å²) in [5.41, 5.74) is 2.88. The van der Waals surface area contributed by atoms with Gasteiger partial charge in [0.15, 0.2) is 0 Å². The molecule has 0 saturated heterocycles. The highest BCUT2D eigenvalue weighted by atomic mass is 16.5. The number of hydrogen-bond donors (Lipinski definition) is 1. The highest BCUT2D eigenvalue weighted by Crippen LogP contribution is 2.24. The van der Waals surface area contributed by atoms with Crippen molar-refractivity contribution < 1.29 is 13.9 Å². The van der Waals surface area contributed by atoms with Crippen molar-refractivity contribution in [1.82, 2.24) is 10.3 Å². The van der Waals surface area contributed by atoms with Crippen molar-refractivity contribution in [1.29, 1.82) is 0 Å². The summed E-state index contributed by atoms with van der Waals surface area (Å²) in [7, 11) is 1.65. The Kier molecular flexibility index (Phi) is 6.55. The Morgan fingerprint density at radius 3 is 2.62 bits per heavy atom. The fourth-order valence-corrected chi connectivity index (χ4v) is 2.39. The summed E-state index contributed by atoms with van der Waals surface area (Å²) in [5.74, 6) is 1.68. The molecule has 5 heteroatoms. The molecule has 0 aliphatic heterocycles. The molecule has 1 aromatic heterocycles. The highest BCUT2D eigenvalue weighted by Gasteiger charge is 2.14. The highest BCUT2D eigenvalue weighted by molar-refractivity contribution is 5.78. The van der Waals surface area contributed by atoms with Gasteiger partial charge in [0.25, 0.3) is 0 Å².